The first kappa shape index (κ1) is 26.0. The van der Waals surface area contributed by atoms with Crippen molar-refractivity contribution in [2.45, 2.75) is 43.6 Å². The zero-order chi connectivity index (χ0) is 23.2. The van der Waals surface area contributed by atoms with Crippen LogP contribution in [0.3, 0.4) is 0 Å². The van der Waals surface area contributed by atoms with E-state index in [0.717, 1.165) is 0 Å². The smallest absolute Gasteiger partial charge is 0.365 e. The highest BCUT2D eigenvalue weighted by Crippen LogP contribution is 2.30. The average molecular weight is 453 g/mol. The van der Waals surface area contributed by atoms with Crippen molar-refractivity contribution in [3.8, 4) is 0 Å². The largest absolute Gasteiger partial charge is 0.790 e. The summed E-state index contributed by atoms with van der Waals surface area (Å²) in [5.74, 6) is -1.76. The zero-order valence-electron chi connectivity index (χ0n) is 15.8. The highest BCUT2D eigenvalue weighted by Gasteiger charge is 2.48. The minimum Gasteiger partial charge on any atom is -0.790 e. The number of carbonyl (C=O) groups is 2. The number of ether oxygens (including phenoxy) is 1. The fraction of sp³-hybridized carbons (Fsp3) is 0.533. The molecular weight excluding hydrogens is 429 g/mol. The summed E-state index contributed by atoms with van der Waals surface area (Å²) in [6.45, 7) is 0.668. The van der Waals surface area contributed by atoms with Gasteiger partial charge in [0.1, 0.15) is 23.9 Å². The van der Waals surface area contributed by atoms with Crippen LogP contribution in [-0.2, 0) is 18.6 Å². The van der Waals surface area contributed by atoms with E-state index >= 15 is 0 Å². The first-order valence-corrected chi connectivity index (χ1v) is 9.93. The molecule has 0 saturated carbocycles. The van der Waals surface area contributed by atoms with E-state index in [2.05, 4.69) is 10.3 Å². The predicted octanol–water partition coefficient (Wildman–Crippen LogP) is -5.40. The molecule has 1 aliphatic heterocycles. The lowest BCUT2D eigenvalue weighted by atomic mass is 10.1. The van der Waals surface area contributed by atoms with Gasteiger partial charge in [0.2, 0.25) is 6.04 Å². The molecule has 0 unspecified atom stereocenters. The number of aliphatic hydroxyl groups excluding tert-OH is 3. The van der Waals surface area contributed by atoms with Crippen molar-refractivity contribution in [1.82, 2.24) is 0 Å². The lowest BCUT2D eigenvalue weighted by Crippen LogP contribution is -2.69. The first-order valence-electron chi connectivity index (χ1n) is 8.47. The molecule has 0 aromatic carbocycles. The Labute approximate surface area is 170 Å². The Hall–Kier alpha value is -2.00. The number of carbonyl (C=O) groups excluding carboxylic acids is 1. The molecule has 0 aliphatic carbocycles. The lowest BCUT2D eigenvalue weighted by Gasteiger charge is -2.30. The van der Waals surface area contributed by atoms with Gasteiger partial charge in [-0.3, -0.25) is 4.79 Å². The standard InChI is InChI=1S/C11H15N2O8P.C4H9NO3/c12-10(16)6-2-1-3-13(4-6)11-9(15)8(14)7(21-11)5-20-22(17,18)19;1-2(6)3(5)4(7)8/h1-4,7-9,11,14-15H,5H2,(H3-,12,16,17,18,19);2-3,6H,5H2,1H3,(H,7,8)/t7-,8-,9-,11-;2-,3+/m11/s1. The summed E-state index contributed by atoms with van der Waals surface area (Å²) in [7, 11) is -5.22. The molecule has 15 heteroatoms. The van der Waals surface area contributed by atoms with Crippen molar-refractivity contribution < 1.29 is 63.9 Å². The number of quaternary nitrogens is 1. The Morgan fingerprint density at radius 1 is 1.40 bits per heavy atom. The van der Waals surface area contributed by atoms with E-state index in [1.807, 2.05) is 0 Å². The number of aliphatic hydroxyl groups is 3. The Morgan fingerprint density at radius 2 is 2.00 bits per heavy atom. The molecule has 1 fully saturated rings. The Bertz CT molecular complexity index is 787. The van der Waals surface area contributed by atoms with E-state index in [-0.39, 0.29) is 5.56 Å². The number of phosphoric acid groups is 1. The van der Waals surface area contributed by atoms with E-state index in [0.29, 0.717) is 0 Å². The van der Waals surface area contributed by atoms with E-state index < -0.39 is 63.0 Å². The molecule has 1 aromatic rings. The summed E-state index contributed by atoms with van der Waals surface area (Å²) >= 11 is 0. The lowest BCUT2D eigenvalue weighted by molar-refractivity contribution is -0.765. The van der Waals surface area contributed by atoms with Crippen molar-refractivity contribution in [2.75, 3.05) is 6.61 Å². The summed E-state index contributed by atoms with van der Waals surface area (Å²) < 4.78 is 21.1. The first-order chi connectivity index (χ1) is 13.7. The fourth-order valence-corrected chi connectivity index (χ4v) is 2.61. The molecule has 6 atom stereocenters. The Balaban J connectivity index is 0.000000479. The number of pyridine rings is 1. The van der Waals surface area contributed by atoms with Crippen LogP contribution in [0.4, 0.5) is 0 Å². The van der Waals surface area contributed by atoms with Gasteiger partial charge in [0.25, 0.3) is 12.1 Å². The summed E-state index contributed by atoms with van der Waals surface area (Å²) in [5.41, 5.74) is 8.48. The highest BCUT2D eigenvalue weighted by molar-refractivity contribution is 7.43. The minimum atomic E-state index is -5.22. The predicted molar refractivity (Wildman–Crippen MR) is 90.6 cm³/mol. The molecular formula is C15H24N3O11P. The van der Waals surface area contributed by atoms with Crippen LogP contribution in [0.2, 0.25) is 0 Å². The molecule has 0 bridgehead atoms. The van der Waals surface area contributed by atoms with Gasteiger partial charge in [0.05, 0.1) is 14.4 Å². The number of carboxylic acid groups (broad SMARTS) is 1. The second kappa shape index (κ2) is 10.9. The topological polar surface area (TPSA) is 254 Å². The molecule has 0 spiro atoms. The SMILES string of the molecule is C[C@@H](O)[C@H]([NH3+])C(=O)O.NC(=O)c1ccc[n+]([C@@H]2O[C@H](COP(=O)([O-])[O-])[C@@H](O)[C@H]2O)c1. The van der Waals surface area contributed by atoms with Gasteiger partial charge in [-0.1, -0.05) is 0 Å². The Kier molecular flexibility index (Phi) is 9.42. The number of carboxylic acids is 1. The monoisotopic (exact) mass is 453 g/mol. The number of nitrogens with zero attached hydrogens (tertiary/aromatic N) is 1. The molecule has 1 aromatic heterocycles. The third-order valence-electron chi connectivity index (χ3n) is 4.03. The van der Waals surface area contributed by atoms with Gasteiger partial charge in [-0.15, -0.1) is 0 Å². The van der Waals surface area contributed by atoms with Crippen LogP contribution >= 0.6 is 7.82 Å². The second-order valence-electron chi connectivity index (χ2n) is 6.38. The number of rotatable bonds is 7. The number of amides is 1. The van der Waals surface area contributed by atoms with Gasteiger partial charge in [0, 0.05) is 6.07 Å². The van der Waals surface area contributed by atoms with Crippen LogP contribution in [0.15, 0.2) is 24.5 Å². The molecule has 1 aliphatic rings. The number of nitrogens with two attached hydrogens (primary N) is 1. The van der Waals surface area contributed by atoms with Gasteiger partial charge in [-0.05, 0) is 13.0 Å². The van der Waals surface area contributed by atoms with Gasteiger partial charge >= 0.3 is 5.97 Å². The maximum absolute atomic E-state index is 11.1. The quantitative estimate of drug-likeness (QED) is 0.168. The van der Waals surface area contributed by atoms with Crippen LogP contribution in [0.25, 0.3) is 0 Å². The van der Waals surface area contributed by atoms with Crippen LogP contribution in [-0.4, -0.2) is 69.4 Å². The third kappa shape index (κ3) is 7.68. The zero-order valence-corrected chi connectivity index (χ0v) is 16.7. The molecule has 2 heterocycles. The van der Waals surface area contributed by atoms with Gasteiger partial charge < -0.3 is 55.5 Å². The van der Waals surface area contributed by atoms with Crippen molar-refractivity contribution in [1.29, 1.82) is 0 Å². The van der Waals surface area contributed by atoms with E-state index in [1.165, 1.54) is 36.0 Å². The minimum absolute atomic E-state index is 0.149. The average Bonchev–Trinajstić information content (AvgIpc) is 2.94. The molecule has 1 saturated heterocycles. The number of phosphoric ester groups is 1. The second-order valence-corrected chi connectivity index (χ2v) is 7.53. The number of hydrogen-bond acceptors (Lipinski definition) is 10. The molecule has 2 rings (SSSR count). The molecule has 30 heavy (non-hydrogen) atoms. The van der Waals surface area contributed by atoms with E-state index in [1.54, 1.807) is 0 Å². The number of hydrogen-bond donors (Lipinski definition) is 6. The molecule has 0 radical (unpaired) electrons. The molecule has 14 nitrogen and oxygen atoms in total. The van der Waals surface area contributed by atoms with Crippen LogP contribution in [0.1, 0.15) is 23.5 Å². The number of aromatic nitrogens is 1. The van der Waals surface area contributed by atoms with Gasteiger partial charge in [-0.2, -0.15) is 4.57 Å². The highest BCUT2D eigenvalue weighted by atomic mass is 31.2. The van der Waals surface area contributed by atoms with Crippen molar-refractivity contribution >= 4 is 19.7 Å². The van der Waals surface area contributed by atoms with Crippen LogP contribution < -0.4 is 25.8 Å². The third-order valence-corrected chi connectivity index (χ3v) is 4.50. The summed E-state index contributed by atoms with van der Waals surface area (Å²) in [6, 6.07) is 2.02. The maximum Gasteiger partial charge on any atom is 0.365 e. The summed E-state index contributed by atoms with van der Waals surface area (Å²) in [4.78, 5) is 41.9. The normalized spacial score (nSPS) is 25.7. The van der Waals surface area contributed by atoms with Crippen LogP contribution in [0.5, 0.6) is 0 Å². The van der Waals surface area contributed by atoms with Gasteiger partial charge in [-0.25, -0.2) is 4.79 Å². The van der Waals surface area contributed by atoms with Crippen LogP contribution in [0, 0.1) is 0 Å². The maximum atomic E-state index is 11.1. The molecule has 1 amide bonds. The summed E-state index contributed by atoms with van der Waals surface area (Å²) in [6.07, 6.45) is -3.31. The van der Waals surface area contributed by atoms with Gasteiger partial charge in [0.15, 0.2) is 18.5 Å². The number of aliphatic carboxylic acids is 1. The Morgan fingerprint density at radius 3 is 2.43 bits per heavy atom. The molecule has 170 valence electrons. The van der Waals surface area contributed by atoms with Crippen molar-refractivity contribution in [2.24, 2.45) is 5.73 Å². The van der Waals surface area contributed by atoms with Crippen molar-refractivity contribution in [3.63, 3.8) is 0 Å². The van der Waals surface area contributed by atoms with E-state index in [9.17, 15) is 34.2 Å². The number of primary amides is 1. The van der Waals surface area contributed by atoms with Crippen molar-refractivity contribution in [3.05, 3.63) is 30.1 Å². The summed E-state index contributed by atoms with van der Waals surface area (Å²) in [5, 5.41) is 36.4. The fourth-order valence-electron chi connectivity index (χ4n) is 2.28. The van der Waals surface area contributed by atoms with E-state index in [4.69, 9.17) is 20.7 Å². The molecule has 9 N–H and O–H groups in total.